The minimum atomic E-state index is -0.847. The maximum absolute atomic E-state index is 12.5. The van der Waals surface area contributed by atoms with Crippen molar-refractivity contribution in [2.75, 3.05) is 13.2 Å². The highest BCUT2D eigenvalue weighted by atomic mass is 16.5. The van der Waals surface area contributed by atoms with E-state index in [9.17, 15) is 19.8 Å². The maximum atomic E-state index is 12.5. The largest absolute Gasteiger partial charge is 0.466 e. The quantitative estimate of drug-likeness (QED) is 0.0320. The second-order valence-electron chi connectivity index (χ2n) is 25.6. The van der Waals surface area contributed by atoms with Crippen molar-refractivity contribution in [3.8, 4) is 0 Å². The highest BCUT2D eigenvalue weighted by Gasteiger charge is 2.18. The van der Waals surface area contributed by atoms with Crippen LogP contribution in [0.25, 0.3) is 0 Å². The molecule has 0 aliphatic rings. The second-order valence-corrected chi connectivity index (χ2v) is 25.6. The summed E-state index contributed by atoms with van der Waals surface area (Å²) in [5.74, 6) is -0.0576. The van der Waals surface area contributed by atoms with Crippen LogP contribution in [0.1, 0.15) is 406 Å². The molecule has 6 heteroatoms. The van der Waals surface area contributed by atoms with Gasteiger partial charge in [0.15, 0.2) is 0 Å². The Balaban J connectivity index is 3.41. The lowest BCUT2D eigenvalue weighted by molar-refractivity contribution is -0.143. The number of hydrogen-bond acceptors (Lipinski definition) is 5. The van der Waals surface area contributed by atoms with Crippen molar-refractivity contribution in [1.29, 1.82) is 0 Å². The first kappa shape index (κ1) is 80.8. The number of nitrogens with one attached hydrogen (secondary N) is 1. The van der Waals surface area contributed by atoms with E-state index in [1.54, 1.807) is 6.08 Å². The van der Waals surface area contributed by atoms with Gasteiger partial charge in [0, 0.05) is 12.8 Å². The summed E-state index contributed by atoms with van der Waals surface area (Å²) in [4.78, 5) is 24.6. The lowest BCUT2D eigenvalue weighted by Gasteiger charge is -2.20. The Hall–Kier alpha value is -2.18. The van der Waals surface area contributed by atoms with Crippen LogP contribution in [0.15, 0.2) is 48.6 Å². The maximum Gasteiger partial charge on any atom is 0.305 e. The number of hydrogen-bond donors (Lipinski definition) is 3. The first-order chi connectivity index (χ1) is 41.0. The normalized spacial score (nSPS) is 12.8. The van der Waals surface area contributed by atoms with Gasteiger partial charge in [0.25, 0.3) is 0 Å². The molecule has 0 radical (unpaired) electrons. The molecule has 83 heavy (non-hydrogen) atoms. The van der Waals surface area contributed by atoms with E-state index < -0.39 is 12.1 Å². The van der Waals surface area contributed by atoms with Gasteiger partial charge in [-0.05, 0) is 89.9 Å². The van der Waals surface area contributed by atoms with Crippen molar-refractivity contribution >= 4 is 11.9 Å². The fourth-order valence-electron chi connectivity index (χ4n) is 11.6. The van der Waals surface area contributed by atoms with Crippen molar-refractivity contribution in [2.24, 2.45) is 0 Å². The van der Waals surface area contributed by atoms with Crippen molar-refractivity contribution < 1.29 is 24.5 Å². The van der Waals surface area contributed by atoms with Crippen LogP contribution in [0, 0.1) is 0 Å². The lowest BCUT2D eigenvalue weighted by atomic mass is 10.0. The smallest absolute Gasteiger partial charge is 0.305 e. The monoisotopic (exact) mass is 1160 g/mol. The minimum absolute atomic E-state index is 0.00778. The predicted molar refractivity (Wildman–Crippen MR) is 366 cm³/mol. The predicted octanol–water partition coefficient (Wildman–Crippen LogP) is 24.4. The van der Waals surface area contributed by atoms with Crippen molar-refractivity contribution in [3.05, 3.63) is 48.6 Å². The molecule has 0 saturated heterocycles. The van der Waals surface area contributed by atoms with Gasteiger partial charge in [-0.2, -0.15) is 0 Å². The Bertz CT molecular complexity index is 1390. The van der Waals surface area contributed by atoms with E-state index in [4.69, 9.17) is 4.74 Å². The average Bonchev–Trinajstić information content (AvgIpc) is 3.49. The lowest BCUT2D eigenvalue weighted by Crippen LogP contribution is -2.45. The van der Waals surface area contributed by atoms with Gasteiger partial charge < -0.3 is 20.3 Å². The summed E-state index contributed by atoms with van der Waals surface area (Å²) in [6, 6.07) is -0.630. The van der Waals surface area contributed by atoms with Gasteiger partial charge >= 0.3 is 5.97 Å². The van der Waals surface area contributed by atoms with Gasteiger partial charge in [0.2, 0.25) is 5.91 Å². The molecular weight excluding hydrogens is 1020 g/mol. The number of allylic oxidation sites excluding steroid dienone is 7. The highest BCUT2D eigenvalue weighted by molar-refractivity contribution is 5.76. The average molecular weight is 1170 g/mol. The Morgan fingerprint density at radius 3 is 0.940 bits per heavy atom. The molecular formula is C77H145NO5. The van der Waals surface area contributed by atoms with Crippen LogP contribution in [0.2, 0.25) is 0 Å². The molecule has 3 N–H and O–H groups in total. The van der Waals surface area contributed by atoms with Gasteiger partial charge in [-0.15, -0.1) is 0 Å². The Morgan fingerprint density at radius 2 is 0.602 bits per heavy atom. The molecule has 0 bridgehead atoms. The number of carbonyl (C=O) groups is 2. The first-order valence-corrected chi connectivity index (χ1v) is 37.4. The summed E-state index contributed by atoms with van der Waals surface area (Å²) in [5.41, 5.74) is 0. The molecule has 0 rings (SSSR count). The van der Waals surface area contributed by atoms with E-state index in [2.05, 4.69) is 55.6 Å². The summed E-state index contributed by atoms with van der Waals surface area (Å²) >= 11 is 0. The number of unbranched alkanes of at least 4 members (excludes halogenated alkanes) is 53. The molecule has 0 saturated carbocycles. The standard InChI is InChI=1S/C77H145NO5/c1-3-5-7-9-11-13-15-17-19-21-23-31-34-37-41-45-49-53-57-61-65-69-75(80)74(73-79)78-76(81)70-66-62-58-54-50-46-42-38-35-32-29-27-25-24-26-28-30-33-36-40-44-48-52-56-60-64-68-72-83-77(82)71-67-63-59-55-51-47-43-39-22-20-18-16-14-12-10-8-6-4-2/h14,16,20,22,24-25,65,69,74-75,79-80H,3-13,15,17-19,21,23,26-64,66-68,70-73H2,1-2H3,(H,78,81)/b16-14-,22-20-,25-24-,69-65+. The van der Waals surface area contributed by atoms with Crippen molar-refractivity contribution in [2.45, 2.75) is 418 Å². The van der Waals surface area contributed by atoms with Gasteiger partial charge in [-0.3, -0.25) is 9.59 Å². The third-order valence-corrected chi connectivity index (χ3v) is 17.3. The van der Waals surface area contributed by atoms with E-state index in [1.807, 2.05) is 6.08 Å². The number of rotatable bonds is 70. The fraction of sp³-hybridized carbons (Fsp3) is 0.870. The number of carbonyl (C=O) groups excluding carboxylic acids is 2. The molecule has 488 valence electrons. The molecule has 0 heterocycles. The summed E-state index contributed by atoms with van der Waals surface area (Å²) in [6.07, 6.45) is 94.9. The zero-order chi connectivity index (χ0) is 59.9. The molecule has 0 aromatic carbocycles. The molecule has 2 atom stereocenters. The number of aliphatic hydroxyl groups is 2. The molecule has 0 aromatic rings. The fourth-order valence-corrected chi connectivity index (χ4v) is 11.6. The molecule has 0 spiro atoms. The van der Waals surface area contributed by atoms with Gasteiger partial charge in [-0.1, -0.05) is 351 Å². The SMILES string of the molecule is CCCCCC/C=C\C/C=C\CCCCCCCCCC(=O)OCCCCCCCCCCCCCC/C=C\CCCCCCCCCCCCCC(=O)NC(CO)C(O)/C=C/CCCCCCCCCCCCCCCCCCCCC. The van der Waals surface area contributed by atoms with Crippen LogP contribution in [0.5, 0.6) is 0 Å². The number of ether oxygens (including phenoxy) is 1. The third kappa shape index (κ3) is 68.8. The molecule has 0 aliphatic carbocycles. The van der Waals surface area contributed by atoms with Crippen LogP contribution in [-0.4, -0.2) is 47.4 Å². The first-order valence-electron chi connectivity index (χ1n) is 37.4. The van der Waals surface area contributed by atoms with E-state index in [-0.39, 0.29) is 18.5 Å². The summed E-state index contributed by atoms with van der Waals surface area (Å²) in [7, 11) is 0. The molecule has 0 fully saturated rings. The van der Waals surface area contributed by atoms with E-state index in [0.29, 0.717) is 19.4 Å². The summed E-state index contributed by atoms with van der Waals surface area (Å²) in [6.45, 7) is 4.92. The Labute approximate surface area is 518 Å². The molecule has 2 unspecified atom stereocenters. The molecule has 1 amide bonds. The molecule has 6 nitrogen and oxygen atoms in total. The minimum Gasteiger partial charge on any atom is -0.466 e. The molecule has 0 aromatic heterocycles. The van der Waals surface area contributed by atoms with E-state index in [1.165, 1.54) is 327 Å². The number of amides is 1. The molecule has 0 aliphatic heterocycles. The van der Waals surface area contributed by atoms with Crippen molar-refractivity contribution in [1.82, 2.24) is 5.32 Å². The highest BCUT2D eigenvalue weighted by Crippen LogP contribution is 2.19. The number of esters is 1. The number of aliphatic hydroxyl groups excluding tert-OH is 2. The Morgan fingerprint density at radius 1 is 0.337 bits per heavy atom. The van der Waals surface area contributed by atoms with Crippen LogP contribution in [0.3, 0.4) is 0 Å². The van der Waals surface area contributed by atoms with Crippen LogP contribution < -0.4 is 5.32 Å². The van der Waals surface area contributed by atoms with Crippen LogP contribution in [-0.2, 0) is 14.3 Å². The van der Waals surface area contributed by atoms with Crippen LogP contribution in [0.4, 0.5) is 0 Å². The topological polar surface area (TPSA) is 95.9 Å². The third-order valence-electron chi connectivity index (χ3n) is 17.3. The van der Waals surface area contributed by atoms with Gasteiger partial charge in [-0.25, -0.2) is 0 Å². The second kappa shape index (κ2) is 72.3. The Kier molecular flexibility index (Phi) is 70.4. The van der Waals surface area contributed by atoms with Gasteiger partial charge in [0.1, 0.15) is 0 Å². The summed E-state index contributed by atoms with van der Waals surface area (Å²) < 4.78 is 5.50. The van der Waals surface area contributed by atoms with Gasteiger partial charge in [0.05, 0.1) is 25.4 Å². The van der Waals surface area contributed by atoms with Crippen LogP contribution >= 0.6 is 0 Å². The van der Waals surface area contributed by atoms with E-state index in [0.717, 1.165) is 51.4 Å². The summed E-state index contributed by atoms with van der Waals surface area (Å²) in [5, 5.41) is 23.3. The van der Waals surface area contributed by atoms with Crippen molar-refractivity contribution in [3.63, 3.8) is 0 Å². The zero-order valence-corrected chi connectivity index (χ0v) is 55.9. The van der Waals surface area contributed by atoms with E-state index >= 15 is 0 Å². The zero-order valence-electron chi connectivity index (χ0n) is 55.9.